The van der Waals surface area contributed by atoms with Crippen molar-refractivity contribution in [2.24, 2.45) is 0 Å². The van der Waals surface area contributed by atoms with E-state index in [-0.39, 0.29) is 0 Å². The van der Waals surface area contributed by atoms with Gasteiger partial charge in [0, 0.05) is 5.39 Å². The maximum Gasteiger partial charge on any atom is 0.130 e. The first-order valence-corrected chi connectivity index (χ1v) is 9.81. The Morgan fingerprint density at radius 2 is 1.54 bits per heavy atom. The number of aromatic nitrogens is 1. The highest BCUT2D eigenvalue weighted by Crippen LogP contribution is 2.18. The van der Waals surface area contributed by atoms with E-state index in [9.17, 15) is 0 Å². The Balaban J connectivity index is 1.24. The molecule has 0 aliphatic heterocycles. The first-order valence-electron chi connectivity index (χ1n) is 9.81. The molecule has 1 heterocycles. The summed E-state index contributed by atoms with van der Waals surface area (Å²) in [4.78, 5) is 4.65. The number of pyridine rings is 1. The average Bonchev–Trinajstić information content (AvgIpc) is 2.77. The zero-order chi connectivity index (χ0) is 19.0. The number of ether oxygens (including phenoxy) is 1. The smallest absolute Gasteiger partial charge is 0.130 e. The molecule has 0 unspecified atom stereocenters. The van der Waals surface area contributed by atoms with Crippen molar-refractivity contribution in [3.8, 4) is 5.75 Å². The fraction of sp³-hybridized carbons (Fsp3) is 0.154. The van der Waals surface area contributed by atoms with Crippen LogP contribution in [0.3, 0.4) is 0 Å². The number of aryl methyl sites for hydroxylation is 1. The van der Waals surface area contributed by atoms with E-state index in [0.717, 1.165) is 41.6 Å². The monoisotopic (exact) mass is 366 g/mol. The third-order valence-electron chi connectivity index (χ3n) is 4.82. The molecule has 139 valence electrons. The van der Waals surface area contributed by atoms with E-state index in [4.69, 9.17) is 4.74 Å². The van der Waals surface area contributed by atoms with Gasteiger partial charge in [-0.15, -0.1) is 0 Å². The van der Waals surface area contributed by atoms with Gasteiger partial charge in [-0.2, -0.15) is 0 Å². The van der Waals surface area contributed by atoms with Gasteiger partial charge in [0.25, 0.3) is 0 Å². The number of nitrogens with zero attached hydrogens (tertiary/aromatic N) is 1. The fourth-order valence-corrected chi connectivity index (χ4v) is 3.27. The van der Waals surface area contributed by atoms with Crippen LogP contribution in [0, 0.1) is 6.42 Å². The van der Waals surface area contributed by atoms with E-state index in [1.54, 1.807) is 0 Å². The van der Waals surface area contributed by atoms with Crippen molar-refractivity contribution in [2.45, 2.75) is 25.9 Å². The van der Waals surface area contributed by atoms with Gasteiger partial charge in [0.2, 0.25) is 0 Å². The van der Waals surface area contributed by atoms with E-state index in [0.29, 0.717) is 6.61 Å². The third kappa shape index (κ3) is 4.98. The largest absolute Gasteiger partial charge is 0.487 e. The second-order valence-corrected chi connectivity index (χ2v) is 6.93. The molecular formula is C26H24NO. The van der Waals surface area contributed by atoms with Crippen molar-refractivity contribution in [1.29, 1.82) is 0 Å². The summed E-state index contributed by atoms with van der Waals surface area (Å²) < 4.78 is 5.90. The highest BCUT2D eigenvalue weighted by Gasteiger charge is 2.01. The molecule has 0 amide bonds. The SMILES string of the molecule is [CH](CCCc1ccccc1)c1ccc(OCc2ccc3ccccc3n2)cc1. The molecule has 0 aliphatic carbocycles. The maximum atomic E-state index is 5.90. The van der Waals surface area contributed by atoms with Gasteiger partial charge in [0.05, 0.1) is 11.2 Å². The summed E-state index contributed by atoms with van der Waals surface area (Å²) in [7, 11) is 0. The van der Waals surface area contributed by atoms with Crippen LogP contribution in [0.4, 0.5) is 0 Å². The topological polar surface area (TPSA) is 22.1 Å². The van der Waals surface area contributed by atoms with Gasteiger partial charge >= 0.3 is 0 Å². The molecule has 3 aromatic carbocycles. The minimum absolute atomic E-state index is 0.477. The van der Waals surface area contributed by atoms with E-state index in [1.165, 1.54) is 11.1 Å². The summed E-state index contributed by atoms with van der Waals surface area (Å²) in [6.07, 6.45) is 5.65. The molecule has 0 spiro atoms. The maximum absolute atomic E-state index is 5.90. The van der Waals surface area contributed by atoms with Crippen LogP contribution < -0.4 is 4.74 Å². The second-order valence-electron chi connectivity index (χ2n) is 6.93. The molecule has 0 atom stereocenters. The number of hydrogen-bond donors (Lipinski definition) is 0. The normalized spacial score (nSPS) is 10.9. The Hall–Kier alpha value is -3.13. The molecule has 0 saturated heterocycles. The Kier molecular flexibility index (Phi) is 5.98. The molecule has 4 rings (SSSR count). The molecule has 0 fully saturated rings. The molecular weight excluding hydrogens is 342 g/mol. The van der Waals surface area contributed by atoms with Crippen molar-refractivity contribution in [2.75, 3.05) is 0 Å². The molecule has 2 nitrogen and oxygen atoms in total. The second kappa shape index (κ2) is 9.18. The predicted molar refractivity (Wildman–Crippen MR) is 115 cm³/mol. The lowest BCUT2D eigenvalue weighted by molar-refractivity contribution is 0.302. The molecule has 0 N–H and O–H groups in total. The third-order valence-corrected chi connectivity index (χ3v) is 4.82. The van der Waals surface area contributed by atoms with Gasteiger partial charge in [-0.3, -0.25) is 0 Å². The molecule has 0 bridgehead atoms. The molecule has 28 heavy (non-hydrogen) atoms. The van der Waals surface area contributed by atoms with Gasteiger partial charge in [-0.1, -0.05) is 66.7 Å². The van der Waals surface area contributed by atoms with Gasteiger partial charge in [0.1, 0.15) is 12.4 Å². The number of para-hydroxylation sites is 1. The number of fused-ring (bicyclic) bond motifs is 1. The molecule has 0 saturated carbocycles. The van der Waals surface area contributed by atoms with Crippen LogP contribution >= 0.6 is 0 Å². The highest BCUT2D eigenvalue weighted by molar-refractivity contribution is 5.78. The summed E-state index contributed by atoms with van der Waals surface area (Å²) in [5, 5.41) is 1.15. The summed E-state index contributed by atoms with van der Waals surface area (Å²) >= 11 is 0. The van der Waals surface area contributed by atoms with E-state index in [1.807, 2.05) is 36.4 Å². The zero-order valence-corrected chi connectivity index (χ0v) is 15.9. The van der Waals surface area contributed by atoms with Crippen LogP contribution in [0.1, 0.15) is 29.7 Å². The van der Waals surface area contributed by atoms with Gasteiger partial charge in [-0.25, -0.2) is 4.98 Å². The summed E-state index contributed by atoms with van der Waals surface area (Å²) in [5.41, 5.74) is 4.59. The molecule has 1 radical (unpaired) electrons. The van der Waals surface area contributed by atoms with Crippen molar-refractivity contribution in [1.82, 2.24) is 4.98 Å². The Bertz CT molecular complexity index is 1010. The highest BCUT2D eigenvalue weighted by atomic mass is 16.5. The van der Waals surface area contributed by atoms with Crippen molar-refractivity contribution >= 4 is 10.9 Å². The number of benzene rings is 3. The minimum Gasteiger partial charge on any atom is -0.487 e. The fourth-order valence-electron chi connectivity index (χ4n) is 3.27. The zero-order valence-electron chi connectivity index (χ0n) is 15.9. The van der Waals surface area contributed by atoms with E-state index >= 15 is 0 Å². The lowest BCUT2D eigenvalue weighted by Gasteiger charge is -2.08. The van der Waals surface area contributed by atoms with Crippen molar-refractivity contribution in [3.63, 3.8) is 0 Å². The van der Waals surface area contributed by atoms with Gasteiger partial charge in [0.15, 0.2) is 0 Å². The lowest BCUT2D eigenvalue weighted by Crippen LogP contribution is -1.98. The quantitative estimate of drug-likeness (QED) is 0.337. The average molecular weight is 366 g/mol. The van der Waals surface area contributed by atoms with Gasteiger partial charge in [-0.05, 0) is 61.1 Å². The summed E-state index contributed by atoms with van der Waals surface area (Å²) in [6, 6.07) is 31.2. The molecule has 4 aromatic rings. The Labute approximate surface area is 166 Å². The van der Waals surface area contributed by atoms with Crippen LogP contribution in [0.2, 0.25) is 0 Å². The predicted octanol–water partition coefficient (Wildman–Crippen LogP) is 6.39. The Morgan fingerprint density at radius 1 is 0.750 bits per heavy atom. The number of unbranched alkanes of at least 4 members (excludes halogenated alkanes) is 1. The summed E-state index contributed by atoms with van der Waals surface area (Å²) in [5.74, 6) is 0.872. The van der Waals surface area contributed by atoms with Crippen molar-refractivity contribution < 1.29 is 4.74 Å². The molecule has 2 heteroatoms. The number of hydrogen-bond acceptors (Lipinski definition) is 2. The first-order chi connectivity index (χ1) is 13.9. The van der Waals surface area contributed by atoms with Crippen molar-refractivity contribution in [3.05, 3.63) is 114 Å². The van der Waals surface area contributed by atoms with E-state index in [2.05, 4.69) is 66.0 Å². The van der Waals surface area contributed by atoms with Crippen LogP contribution in [0.15, 0.2) is 91.0 Å². The first kappa shape index (κ1) is 18.2. The van der Waals surface area contributed by atoms with Crippen LogP contribution in [-0.4, -0.2) is 4.98 Å². The minimum atomic E-state index is 0.477. The number of rotatable bonds is 8. The molecule has 1 aromatic heterocycles. The van der Waals surface area contributed by atoms with E-state index < -0.39 is 0 Å². The van der Waals surface area contributed by atoms with Gasteiger partial charge < -0.3 is 4.74 Å². The summed E-state index contributed by atoms with van der Waals surface area (Å²) in [6.45, 7) is 0.477. The Morgan fingerprint density at radius 3 is 2.39 bits per heavy atom. The van der Waals surface area contributed by atoms with Crippen LogP contribution in [-0.2, 0) is 13.0 Å². The lowest BCUT2D eigenvalue weighted by atomic mass is 10.0. The standard InChI is InChI=1S/C26H24NO/c1-2-8-21(9-3-1)10-4-5-11-22-14-18-25(19-15-22)28-20-24-17-16-23-12-6-7-13-26(23)27-24/h1-3,6-9,11-19H,4-5,10,20H2. The van der Waals surface area contributed by atoms with Crippen LogP contribution in [0.5, 0.6) is 5.75 Å². The molecule has 0 aliphatic rings. The van der Waals surface area contributed by atoms with Crippen LogP contribution in [0.25, 0.3) is 10.9 Å².